The van der Waals surface area contributed by atoms with Gasteiger partial charge in [0, 0.05) is 35.0 Å². The summed E-state index contributed by atoms with van der Waals surface area (Å²) in [6.45, 7) is 11.2. The SMILES string of the molecule is CC(C)[C@@H](C)[C@@H]1O[C@H]1[C@](C)(O)[C@H]1CC[C@@]2(O)C3=CC(=O)[C@@H]4C[C@@H](O)[C@@H](O)[C@@H]5CC[C@@]3(CC[C@]12CCc1cc(O)cc(N2CCC3(CCCCC3)C2=O)c1)[C@]45C. The van der Waals surface area contributed by atoms with Gasteiger partial charge in [-0.3, -0.25) is 9.59 Å². The van der Waals surface area contributed by atoms with Crippen LogP contribution in [0, 0.1) is 51.2 Å². The average molecular weight is 760 g/mol. The number of aryl methyl sites for hydroxylation is 1. The van der Waals surface area contributed by atoms with Gasteiger partial charge in [-0.2, -0.15) is 0 Å². The average Bonchev–Trinajstić information content (AvgIpc) is 3.72. The van der Waals surface area contributed by atoms with Crippen LogP contribution in [0.3, 0.4) is 0 Å². The van der Waals surface area contributed by atoms with Gasteiger partial charge in [-0.25, -0.2) is 0 Å². The number of benzene rings is 1. The Morgan fingerprint density at radius 2 is 1.71 bits per heavy atom. The third-order valence-corrected chi connectivity index (χ3v) is 18.4. The van der Waals surface area contributed by atoms with Crippen molar-refractivity contribution in [3.05, 3.63) is 35.4 Å². The highest BCUT2D eigenvalue weighted by Crippen LogP contribution is 2.79. The van der Waals surface area contributed by atoms with Gasteiger partial charge < -0.3 is 35.2 Å². The van der Waals surface area contributed by atoms with Crippen molar-refractivity contribution in [2.75, 3.05) is 11.4 Å². The summed E-state index contributed by atoms with van der Waals surface area (Å²) in [4.78, 5) is 30.1. The Balaban J connectivity index is 1.09. The van der Waals surface area contributed by atoms with Gasteiger partial charge in [0.25, 0.3) is 0 Å². The van der Waals surface area contributed by atoms with Gasteiger partial charge in [0.05, 0.1) is 34.9 Å². The van der Waals surface area contributed by atoms with Crippen molar-refractivity contribution in [2.45, 2.75) is 167 Å². The van der Waals surface area contributed by atoms with Crippen LogP contribution in [0.5, 0.6) is 5.75 Å². The van der Waals surface area contributed by atoms with Crippen LogP contribution in [0.15, 0.2) is 29.8 Å². The highest BCUT2D eigenvalue weighted by atomic mass is 16.6. The van der Waals surface area contributed by atoms with Crippen LogP contribution in [-0.2, 0) is 20.7 Å². The fourth-order valence-corrected chi connectivity index (χ4v) is 15.0. The number of carbonyl (C=O) groups is 2. The predicted octanol–water partition coefficient (Wildman–Crippen LogP) is 6.40. The van der Waals surface area contributed by atoms with E-state index in [1.807, 2.05) is 17.9 Å². The number of hydrogen-bond acceptors (Lipinski definition) is 8. The molecular formula is C46H65NO8. The Hall–Kier alpha value is -2.30. The molecule has 7 fully saturated rings. The van der Waals surface area contributed by atoms with Crippen molar-refractivity contribution in [2.24, 2.45) is 51.2 Å². The van der Waals surface area contributed by atoms with Gasteiger partial charge in [-0.15, -0.1) is 0 Å². The number of aliphatic hydroxyl groups excluding tert-OH is 2. The van der Waals surface area contributed by atoms with Gasteiger partial charge >= 0.3 is 0 Å². The van der Waals surface area contributed by atoms with Crippen molar-refractivity contribution < 1.29 is 39.9 Å². The van der Waals surface area contributed by atoms with Crippen LogP contribution in [0.25, 0.3) is 0 Å². The van der Waals surface area contributed by atoms with Crippen LogP contribution >= 0.6 is 0 Å². The number of phenols is 1. The molecule has 9 rings (SSSR count). The molecule has 1 aromatic carbocycles. The number of allylic oxidation sites excluding steroid dienone is 1. The van der Waals surface area contributed by atoms with E-state index in [1.165, 1.54) is 6.42 Å². The Bertz CT molecular complexity index is 1780. The lowest BCUT2D eigenvalue weighted by molar-refractivity contribution is -0.193. The summed E-state index contributed by atoms with van der Waals surface area (Å²) in [5.74, 6) is -0.111. The van der Waals surface area contributed by atoms with Crippen LogP contribution in [-0.4, -0.2) is 79.4 Å². The summed E-state index contributed by atoms with van der Waals surface area (Å²) in [6, 6.07) is 5.52. The Morgan fingerprint density at radius 3 is 2.44 bits per heavy atom. The third-order valence-electron chi connectivity index (χ3n) is 18.4. The summed E-state index contributed by atoms with van der Waals surface area (Å²) in [5.41, 5.74) is -2.41. The van der Waals surface area contributed by atoms with E-state index in [2.05, 4.69) is 27.7 Å². The van der Waals surface area contributed by atoms with Gasteiger partial charge in [-0.05, 0) is 142 Å². The highest BCUT2D eigenvalue weighted by molar-refractivity contribution is 6.00. The van der Waals surface area contributed by atoms with E-state index in [4.69, 9.17) is 4.74 Å². The molecule has 0 radical (unpaired) electrons. The van der Waals surface area contributed by atoms with Crippen LogP contribution < -0.4 is 4.90 Å². The summed E-state index contributed by atoms with van der Waals surface area (Å²) in [7, 11) is 0. The lowest BCUT2D eigenvalue weighted by Gasteiger charge is -2.66. The first-order valence-corrected chi connectivity index (χ1v) is 21.8. The minimum atomic E-state index is -1.38. The number of nitrogens with zero attached hydrogens (tertiary/aromatic N) is 1. The number of phenolic OH excluding ortho intramolecular Hbond substituents is 1. The highest BCUT2D eigenvalue weighted by Gasteiger charge is 2.78. The number of rotatable bonds is 8. The van der Waals surface area contributed by atoms with Crippen LogP contribution in [0.2, 0.25) is 0 Å². The number of carbonyl (C=O) groups excluding carboxylic acids is 2. The minimum Gasteiger partial charge on any atom is -0.508 e. The molecule has 302 valence electrons. The quantitative estimate of drug-likeness (QED) is 0.191. The second-order valence-electron chi connectivity index (χ2n) is 20.7. The molecule has 5 N–H and O–H groups in total. The molecule has 13 atom stereocenters. The number of hydrogen-bond donors (Lipinski definition) is 5. The number of fused-ring (bicyclic) bond motifs is 2. The molecule has 5 saturated carbocycles. The standard InChI is InChI=1S/C46H65NO8/c1-26(2)27(3)38-39(55-38)42(5,53)35-11-16-46(54)36-25-33(49)32-24-34(50)37(51)31-10-15-44(36,41(31,32)4)17-18-45(35,46)14-9-28-21-29(23-30(48)22-28)47-20-19-43(40(47)52)12-7-6-8-13-43/h21-23,25-27,31-32,34-35,37-39,48,50-51,53-54H,6-20,24H2,1-5H3/t27-,31+,32+,34-,35-,37+,38+,39-,41+,42-,44+,45-,46-/m1/s1. The number of anilines is 1. The maximum absolute atomic E-state index is 14.3. The number of amides is 1. The van der Waals surface area contributed by atoms with E-state index in [0.29, 0.717) is 51.0 Å². The summed E-state index contributed by atoms with van der Waals surface area (Å²) >= 11 is 0. The van der Waals surface area contributed by atoms with E-state index >= 15 is 0 Å². The summed E-state index contributed by atoms with van der Waals surface area (Å²) < 4.78 is 6.34. The minimum absolute atomic E-state index is 0.0644. The van der Waals surface area contributed by atoms with Crippen molar-refractivity contribution in [1.29, 1.82) is 0 Å². The second kappa shape index (κ2) is 12.6. The lowest BCUT2D eigenvalue weighted by atomic mass is 9.39. The van der Waals surface area contributed by atoms with E-state index < -0.39 is 45.6 Å². The molecule has 2 aliphatic heterocycles. The number of aromatic hydroxyl groups is 1. The smallest absolute Gasteiger partial charge is 0.233 e. The molecule has 55 heavy (non-hydrogen) atoms. The Labute approximate surface area is 326 Å². The Kier molecular flexibility index (Phi) is 8.76. The number of ketones is 1. The molecule has 0 unspecified atom stereocenters. The van der Waals surface area contributed by atoms with Crippen molar-refractivity contribution >= 4 is 17.4 Å². The first-order valence-electron chi connectivity index (χ1n) is 21.8. The molecule has 2 spiro atoms. The Morgan fingerprint density at radius 1 is 0.964 bits per heavy atom. The maximum atomic E-state index is 14.3. The molecule has 6 aliphatic carbocycles. The summed E-state index contributed by atoms with van der Waals surface area (Å²) in [6.07, 6.45) is 10.6. The molecule has 0 aromatic heterocycles. The first-order chi connectivity index (χ1) is 26.0. The second-order valence-corrected chi connectivity index (χ2v) is 20.7. The van der Waals surface area contributed by atoms with Crippen LogP contribution in [0.1, 0.15) is 130 Å². The van der Waals surface area contributed by atoms with Gasteiger partial charge in [0.15, 0.2) is 5.78 Å². The molecule has 2 saturated heterocycles. The van der Waals surface area contributed by atoms with Crippen LogP contribution in [0.4, 0.5) is 5.69 Å². The van der Waals surface area contributed by atoms with Gasteiger partial charge in [-0.1, -0.05) is 47.0 Å². The zero-order chi connectivity index (χ0) is 39.1. The first kappa shape index (κ1) is 38.2. The predicted molar refractivity (Wildman–Crippen MR) is 208 cm³/mol. The maximum Gasteiger partial charge on any atom is 0.233 e. The molecular weight excluding hydrogens is 695 g/mol. The van der Waals surface area contributed by atoms with Crippen molar-refractivity contribution in [1.82, 2.24) is 0 Å². The monoisotopic (exact) mass is 759 g/mol. The van der Waals surface area contributed by atoms with Gasteiger partial charge in [0.1, 0.15) is 11.9 Å². The molecule has 2 heterocycles. The van der Waals surface area contributed by atoms with Crippen molar-refractivity contribution in [3.8, 4) is 5.75 Å². The molecule has 9 nitrogen and oxygen atoms in total. The fourth-order valence-electron chi connectivity index (χ4n) is 15.0. The number of aliphatic hydroxyl groups is 4. The molecule has 0 bridgehead atoms. The zero-order valence-electron chi connectivity index (χ0n) is 33.7. The van der Waals surface area contributed by atoms with E-state index in [0.717, 1.165) is 61.8 Å². The van der Waals surface area contributed by atoms with E-state index in [-0.39, 0.29) is 59.2 Å². The zero-order valence-corrected chi connectivity index (χ0v) is 33.7. The largest absolute Gasteiger partial charge is 0.508 e. The third kappa shape index (κ3) is 5.07. The fraction of sp³-hybridized carbons (Fsp3) is 0.783. The summed E-state index contributed by atoms with van der Waals surface area (Å²) in [5, 5.41) is 59.8. The lowest BCUT2D eigenvalue weighted by Crippen LogP contribution is -2.67. The molecule has 9 heteroatoms. The van der Waals surface area contributed by atoms with E-state index in [9.17, 15) is 35.1 Å². The molecule has 1 amide bonds. The molecule has 1 aromatic rings. The normalized spacial score (nSPS) is 44.6. The number of ether oxygens (including phenoxy) is 1. The van der Waals surface area contributed by atoms with Gasteiger partial charge in [0.2, 0.25) is 5.91 Å². The molecule has 8 aliphatic rings. The number of epoxide rings is 1. The van der Waals surface area contributed by atoms with Crippen molar-refractivity contribution in [3.63, 3.8) is 0 Å². The topological polar surface area (TPSA) is 151 Å². The van der Waals surface area contributed by atoms with E-state index in [1.54, 1.807) is 18.2 Å².